The van der Waals surface area contributed by atoms with E-state index >= 15 is 0 Å². The smallest absolute Gasteiger partial charge is 0.119 e. The zero-order valence-corrected chi connectivity index (χ0v) is 7.84. The summed E-state index contributed by atoms with van der Waals surface area (Å²) in [5.41, 5.74) is 0. The second-order valence-corrected chi connectivity index (χ2v) is 2.61. The number of hydrogen-bond acceptors (Lipinski definition) is 1. The Morgan fingerprint density at radius 2 is 2.15 bits per heavy atom. The quantitative estimate of drug-likeness (QED) is 0.502. The van der Waals surface area contributed by atoms with Crippen LogP contribution in [0.3, 0.4) is 0 Å². The van der Waals surface area contributed by atoms with Gasteiger partial charge in [-0.15, -0.1) is 11.8 Å². The van der Waals surface area contributed by atoms with Gasteiger partial charge in [0.05, 0.1) is 6.61 Å². The largest absolute Gasteiger partial charge is 0.494 e. The number of benzene rings is 1. The molecule has 1 aromatic carbocycles. The van der Waals surface area contributed by atoms with Gasteiger partial charge in [-0.2, -0.15) is 0 Å². The van der Waals surface area contributed by atoms with Crippen LogP contribution < -0.4 is 4.74 Å². The maximum atomic E-state index is 5.46. The van der Waals surface area contributed by atoms with E-state index in [4.69, 9.17) is 4.74 Å². The Hall–Kier alpha value is -1.42. The summed E-state index contributed by atoms with van der Waals surface area (Å²) in [4.78, 5) is 0. The molecule has 0 bridgehead atoms. The van der Waals surface area contributed by atoms with Gasteiger partial charge >= 0.3 is 0 Å². The van der Waals surface area contributed by atoms with Crippen LogP contribution in [0, 0.1) is 17.9 Å². The molecule has 13 heavy (non-hydrogen) atoms. The van der Waals surface area contributed by atoms with Crippen molar-refractivity contribution in [3.8, 4) is 17.6 Å². The summed E-state index contributed by atoms with van der Waals surface area (Å²) in [6.07, 6.45) is 1.90. The minimum atomic E-state index is 0.735. The molecule has 0 heterocycles. The number of hydrogen-bond donors (Lipinski definition) is 0. The summed E-state index contributed by atoms with van der Waals surface area (Å²) in [5.74, 6) is 6.76. The molecule has 0 amide bonds. The average Bonchev–Trinajstić information content (AvgIpc) is 2.19. The van der Waals surface area contributed by atoms with Crippen LogP contribution >= 0.6 is 0 Å². The molecule has 0 aromatic heterocycles. The van der Waals surface area contributed by atoms with Gasteiger partial charge in [-0.25, -0.2) is 0 Å². The molecule has 0 unspecified atom stereocenters. The third-order valence-electron chi connectivity index (χ3n) is 1.58. The van der Waals surface area contributed by atoms with E-state index in [0.717, 1.165) is 25.2 Å². The summed E-state index contributed by atoms with van der Waals surface area (Å²) in [7, 11) is 0. The van der Waals surface area contributed by atoms with E-state index in [2.05, 4.69) is 17.9 Å². The fraction of sp³-hybridized carbons (Fsp3) is 0.333. The van der Waals surface area contributed by atoms with Crippen molar-refractivity contribution in [3.05, 3.63) is 30.3 Å². The molecule has 67 valence electrons. The van der Waals surface area contributed by atoms with E-state index in [9.17, 15) is 0 Å². The first kappa shape index (κ1) is 9.67. The van der Waals surface area contributed by atoms with Gasteiger partial charge in [-0.05, 0) is 31.5 Å². The topological polar surface area (TPSA) is 9.23 Å². The zero-order valence-electron chi connectivity index (χ0n) is 7.84. The molecule has 1 radical (unpaired) electrons. The summed E-state index contributed by atoms with van der Waals surface area (Å²) >= 11 is 0. The van der Waals surface area contributed by atoms with Crippen molar-refractivity contribution in [1.82, 2.24) is 0 Å². The Morgan fingerprint density at radius 3 is 2.85 bits per heavy atom. The van der Waals surface area contributed by atoms with Crippen molar-refractivity contribution in [1.29, 1.82) is 0 Å². The standard InChI is InChI=1S/C12H13O/c1-2-3-4-8-11-13-12-9-6-5-7-10-12/h6-7,9-10H,4,8,11H2,1H3. The fourth-order valence-corrected chi connectivity index (χ4v) is 0.943. The molecule has 0 N–H and O–H groups in total. The van der Waals surface area contributed by atoms with Crippen LogP contribution in [0.15, 0.2) is 24.3 Å². The lowest BCUT2D eigenvalue weighted by atomic mass is 10.3. The lowest BCUT2D eigenvalue weighted by molar-refractivity contribution is 0.313. The highest BCUT2D eigenvalue weighted by Gasteiger charge is 1.89. The average molecular weight is 173 g/mol. The normalized spacial score (nSPS) is 8.69. The molecule has 1 nitrogen and oxygen atoms in total. The van der Waals surface area contributed by atoms with Crippen molar-refractivity contribution in [2.45, 2.75) is 19.8 Å². The molecule has 1 heteroatoms. The summed E-state index contributed by atoms with van der Waals surface area (Å²) in [6, 6.07) is 10.5. The first-order chi connectivity index (χ1) is 6.43. The third kappa shape index (κ3) is 4.22. The number of unbranched alkanes of at least 4 members (excludes halogenated alkanes) is 1. The Bertz CT molecular complexity index is 279. The molecule has 0 aliphatic heterocycles. The van der Waals surface area contributed by atoms with Gasteiger partial charge in [0.15, 0.2) is 0 Å². The minimum absolute atomic E-state index is 0.735. The van der Waals surface area contributed by atoms with Gasteiger partial charge < -0.3 is 4.74 Å². The number of rotatable bonds is 4. The fourth-order valence-electron chi connectivity index (χ4n) is 0.943. The predicted molar refractivity (Wildman–Crippen MR) is 53.5 cm³/mol. The third-order valence-corrected chi connectivity index (χ3v) is 1.58. The van der Waals surface area contributed by atoms with Crippen molar-refractivity contribution < 1.29 is 4.74 Å². The second-order valence-electron chi connectivity index (χ2n) is 2.61. The van der Waals surface area contributed by atoms with Crippen LogP contribution in [-0.2, 0) is 0 Å². The monoisotopic (exact) mass is 173 g/mol. The zero-order chi connectivity index (χ0) is 9.36. The molecule has 1 rings (SSSR count). The van der Waals surface area contributed by atoms with E-state index in [1.165, 1.54) is 0 Å². The molecule has 0 aliphatic rings. The lowest BCUT2D eigenvalue weighted by Crippen LogP contribution is -1.95. The Labute approximate surface area is 79.7 Å². The van der Waals surface area contributed by atoms with Crippen molar-refractivity contribution >= 4 is 0 Å². The van der Waals surface area contributed by atoms with Gasteiger partial charge in [0.2, 0.25) is 0 Å². The van der Waals surface area contributed by atoms with Crippen LogP contribution in [0.1, 0.15) is 19.8 Å². The molecular formula is C12H13O. The maximum absolute atomic E-state index is 5.46. The summed E-state index contributed by atoms with van der Waals surface area (Å²) < 4.78 is 5.46. The van der Waals surface area contributed by atoms with E-state index < -0.39 is 0 Å². The molecular weight excluding hydrogens is 160 g/mol. The van der Waals surface area contributed by atoms with Crippen LogP contribution in [0.2, 0.25) is 0 Å². The van der Waals surface area contributed by atoms with Gasteiger partial charge in [-0.3, -0.25) is 0 Å². The first-order valence-corrected chi connectivity index (χ1v) is 4.42. The molecule has 0 fully saturated rings. The van der Waals surface area contributed by atoms with E-state index in [-0.39, 0.29) is 0 Å². The molecule has 0 aliphatic carbocycles. The molecule has 0 saturated carbocycles. The van der Waals surface area contributed by atoms with E-state index in [0.29, 0.717) is 0 Å². The highest BCUT2D eigenvalue weighted by atomic mass is 16.5. The maximum Gasteiger partial charge on any atom is 0.119 e. The number of ether oxygens (including phenoxy) is 1. The van der Waals surface area contributed by atoms with E-state index in [1.807, 2.05) is 31.2 Å². The highest BCUT2D eigenvalue weighted by Crippen LogP contribution is 2.08. The Balaban J connectivity index is 2.16. The van der Waals surface area contributed by atoms with Crippen LogP contribution in [0.5, 0.6) is 5.75 Å². The summed E-state index contributed by atoms with van der Waals surface area (Å²) in [6.45, 7) is 2.59. The Kier molecular flexibility index (Phi) is 4.56. The first-order valence-electron chi connectivity index (χ1n) is 4.42. The van der Waals surface area contributed by atoms with Gasteiger partial charge in [0.1, 0.15) is 5.75 Å². The van der Waals surface area contributed by atoms with Crippen molar-refractivity contribution in [2.75, 3.05) is 6.61 Å². The lowest BCUT2D eigenvalue weighted by Gasteiger charge is -2.02. The van der Waals surface area contributed by atoms with Crippen LogP contribution in [-0.4, -0.2) is 6.61 Å². The Morgan fingerprint density at radius 1 is 1.38 bits per heavy atom. The van der Waals surface area contributed by atoms with Gasteiger partial charge in [0.25, 0.3) is 0 Å². The molecule has 0 spiro atoms. The van der Waals surface area contributed by atoms with Crippen molar-refractivity contribution in [2.24, 2.45) is 0 Å². The molecule has 0 atom stereocenters. The van der Waals surface area contributed by atoms with Gasteiger partial charge in [0, 0.05) is 6.42 Å². The minimum Gasteiger partial charge on any atom is -0.494 e. The second kappa shape index (κ2) is 6.14. The van der Waals surface area contributed by atoms with Crippen molar-refractivity contribution in [3.63, 3.8) is 0 Å². The predicted octanol–water partition coefficient (Wildman–Crippen LogP) is 2.67. The highest BCUT2D eigenvalue weighted by molar-refractivity contribution is 5.20. The summed E-state index contributed by atoms with van der Waals surface area (Å²) in [5, 5.41) is 0. The van der Waals surface area contributed by atoms with Crippen LogP contribution in [0.4, 0.5) is 0 Å². The van der Waals surface area contributed by atoms with Crippen LogP contribution in [0.25, 0.3) is 0 Å². The van der Waals surface area contributed by atoms with Gasteiger partial charge in [-0.1, -0.05) is 12.1 Å². The molecule has 1 aromatic rings. The van der Waals surface area contributed by atoms with E-state index in [1.54, 1.807) is 0 Å². The molecule has 0 saturated heterocycles. The SMILES string of the molecule is CC#CCCCOc1cc[c]cc1.